The summed E-state index contributed by atoms with van der Waals surface area (Å²) in [5.41, 5.74) is 4.85. The molecule has 0 amide bonds. The minimum absolute atomic E-state index is 0.574. The van der Waals surface area contributed by atoms with Gasteiger partial charge in [-0.05, 0) is 64.1 Å². The standard InChI is InChI=1S/C30H43N7/c1-6-9-10-11-12-14-25(8-3)33-29(13-7-2)35-28-23-31-30(32-24(28)4)34-26-15-17-27(18-16-26)37-21-19-36(5)20-22-37/h8,10-12,14-18,23H,6-7,9,13,19-22H2,1-5H3,(H,33,35)(H,31,32,34)/b11-10+,14-12-,25-8+. The molecule has 0 radical (unpaired) electrons. The van der Waals surface area contributed by atoms with Crippen LogP contribution in [0.5, 0.6) is 0 Å². The molecule has 1 aromatic carbocycles. The van der Waals surface area contributed by atoms with E-state index in [1.54, 1.807) is 6.20 Å². The number of nitrogens with zero attached hydrogens (tertiary/aromatic N) is 5. The average molecular weight is 502 g/mol. The smallest absolute Gasteiger partial charge is 0.227 e. The quantitative estimate of drug-likeness (QED) is 0.208. The number of likely N-dealkylation sites (N-methyl/N-ethyl adjacent to an activating group) is 1. The SMILES string of the molecule is C\C=C(/C=C\C=C\CCC)NC(CCC)=Nc1cnc(Nc2ccc(N3CCN(C)CC3)cc2)nc1C. The second-order valence-corrected chi connectivity index (χ2v) is 9.38. The molecule has 198 valence electrons. The van der Waals surface area contributed by atoms with Gasteiger partial charge in [0.15, 0.2) is 0 Å². The highest BCUT2D eigenvalue weighted by Crippen LogP contribution is 2.23. The Labute approximate surface area is 223 Å². The third-order valence-electron chi connectivity index (χ3n) is 6.27. The van der Waals surface area contributed by atoms with Crippen molar-refractivity contribution >= 4 is 28.8 Å². The minimum atomic E-state index is 0.574. The van der Waals surface area contributed by atoms with E-state index >= 15 is 0 Å². The number of amidine groups is 1. The topological polar surface area (TPSA) is 68.7 Å². The molecule has 7 nitrogen and oxygen atoms in total. The van der Waals surface area contributed by atoms with E-state index in [9.17, 15) is 0 Å². The number of aliphatic imine (C=N–C) groups is 1. The number of nitrogens with one attached hydrogen (secondary N) is 2. The van der Waals surface area contributed by atoms with Crippen molar-refractivity contribution in [3.8, 4) is 0 Å². The summed E-state index contributed by atoms with van der Waals surface area (Å²) in [5.74, 6) is 1.48. The Morgan fingerprint density at radius 2 is 1.81 bits per heavy atom. The molecule has 1 fully saturated rings. The molecule has 0 atom stereocenters. The van der Waals surface area contributed by atoms with Gasteiger partial charge in [0.25, 0.3) is 0 Å². The molecule has 3 rings (SSSR count). The number of aryl methyl sites for hydroxylation is 1. The maximum atomic E-state index is 4.86. The highest BCUT2D eigenvalue weighted by Gasteiger charge is 2.14. The lowest BCUT2D eigenvalue weighted by Crippen LogP contribution is -2.44. The molecule has 1 aliphatic heterocycles. The number of piperazine rings is 1. The first kappa shape index (κ1) is 28.1. The van der Waals surface area contributed by atoms with Crippen molar-refractivity contribution < 1.29 is 0 Å². The number of anilines is 3. The Morgan fingerprint density at radius 1 is 1.05 bits per heavy atom. The number of benzene rings is 1. The molecule has 1 aromatic heterocycles. The fraction of sp³-hybridized carbons (Fsp3) is 0.433. The van der Waals surface area contributed by atoms with Crippen LogP contribution >= 0.6 is 0 Å². The van der Waals surface area contributed by atoms with Gasteiger partial charge in [-0.25, -0.2) is 15.0 Å². The molecule has 0 unspecified atom stereocenters. The van der Waals surface area contributed by atoms with Gasteiger partial charge in [0.05, 0.1) is 11.9 Å². The van der Waals surface area contributed by atoms with Gasteiger partial charge < -0.3 is 20.4 Å². The molecule has 0 aliphatic carbocycles. The second-order valence-electron chi connectivity index (χ2n) is 9.38. The maximum absolute atomic E-state index is 4.86. The second kappa shape index (κ2) is 15.0. The van der Waals surface area contributed by atoms with Gasteiger partial charge in [-0.15, -0.1) is 0 Å². The Morgan fingerprint density at radius 3 is 2.46 bits per heavy atom. The molecular formula is C30H43N7. The zero-order valence-corrected chi connectivity index (χ0v) is 23.2. The van der Waals surface area contributed by atoms with Crippen molar-refractivity contribution in [3.63, 3.8) is 0 Å². The lowest BCUT2D eigenvalue weighted by atomic mass is 10.2. The first-order chi connectivity index (χ1) is 18.0. The molecule has 1 aliphatic rings. The summed E-state index contributed by atoms with van der Waals surface area (Å²) < 4.78 is 0. The third kappa shape index (κ3) is 9.17. The van der Waals surface area contributed by atoms with E-state index in [4.69, 9.17) is 4.99 Å². The van der Waals surface area contributed by atoms with Gasteiger partial charge in [-0.1, -0.05) is 44.6 Å². The number of aromatic nitrogens is 2. The van der Waals surface area contributed by atoms with Gasteiger partial charge in [0.1, 0.15) is 11.5 Å². The van der Waals surface area contributed by atoms with Crippen LogP contribution in [0.15, 0.2) is 71.5 Å². The fourth-order valence-corrected chi connectivity index (χ4v) is 3.99. The molecular weight excluding hydrogens is 458 g/mol. The molecule has 2 heterocycles. The van der Waals surface area contributed by atoms with Crippen LogP contribution in [0, 0.1) is 6.92 Å². The maximum Gasteiger partial charge on any atom is 0.227 e. The molecule has 7 heteroatoms. The predicted octanol–water partition coefficient (Wildman–Crippen LogP) is 6.52. The summed E-state index contributed by atoms with van der Waals surface area (Å²) in [7, 11) is 2.18. The van der Waals surface area contributed by atoms with E-state index in [-0.39, 0.29) is 0 Å². The van der Waals surface area contributed by atoms with Crippen molar-refractivity contribution in [2.75, 3.05) is 43.4 Å². The summed E-state index contributed by atoms with van der Waals surface area (Å²) in [6, 6.07) is 8.50. The lowest BCUT2D eigenvalue weighted by molar-refractivity contribution is 0.313. The number of hydrogen-bond donors (Lipinski definition) is 2. The highest BCUT2D eigenvalue weighted by molar-refractivity contribution is 5.86. The molecule has 0 bridgehead atoms. The van der Waals surface area contributed by atoms with E-state index in [1.165, 1.54) is 5.69 Å². The van der Waals surface area contributed by atoms with Crippen molar-refractivity contribution in [1.29, 1.82) is 0 Å². The van der Waals surface area contributed by atoms with E-state index in [0.717, 1.165) is 80.5 Å². The van der Waals surface area contributed by atoms with Crippen LogP contribution in [0.25, 0.3) is 0 Å². The van der Waals surface area contributed by atoms with Crippen LogP contribution in [-0.2, 0) is 0 Å². The van der Waals surface area contributed by atoms with E-state index in [0.29, 0.717) is 5.95 Å². The van der Waals surface area contributed by atoms with Crippen molar-refractivity contribution in [1.82, 2.24) is 20.2 Å². The van der Waals surface area contributed by atoms with Crippen LogP contribution in [0.2, 0.25) is 0 Å². The zero-order valence-electron chi connectivity index (χ0n) is 23.2. The van der Waals surface area contributed by atoms with Gasteiger partial charge in [0, 0.05) is 49.7 Å². The first-order valence-corrected chi connectivity index (χ1v) is 13.5. The number of hydrogen-bond acceptors (Lipinski definition) is 6. The lowest BCUT2D eigenvalue weighted by Gasteiger charge is -2.34. The molecule has 2 N–H and O–H groups in total. The summed E-state index contributed by atoms with van der Waals surface area (Å²) in [6.45, 7) is 12.7. The number of allylic oxidation sites excluding steroid dienone is 5. The summed E-state index contributed by atoms with van der Waals surface area (Å²) in [4.78, 5) is 18.9. The highest BCUT2D eigenvalue weighted by atomic mass is 15.2. The molecule has 0 spiro atoms. The molecule has 0 saturated carbocycles. The Kier molecular flexibility index (Phi) is 11.4. The molecule has 2 aromatic rings. The molecule has 1 saturated heterocycles. The number of unbranched alkanes of at least 4 members (excludes halogenated alkanes) is 1. The predicted molar refractivity (Wildman–Crippen MR) is 158 cm³/mol. The van der Waals surface area contributed by atoms with Gasteiger partial charge in [-0.3, -0.25) is 0 Å². The van der Waals surface area contributed by atoms with Crippen LogP contribution in [0.4, 0.5) is 23.0 Å². The van der Waals surface area contributed by atoms with Crippen molar-refractivity contribution in [3.05, 3.63) is 72.2 Å². The minimum Gasteiger partial charge on any atom is -0.369 e. The van der Waals surface area contributed by atoms with Gasteiger partial charge >= 0.3 is 0 Å². The van der Waals surface area contributed by atoms with Crippen molar-refractivity contribution in [2.24, 2.45) is 4.99 Å². The van der Waals surface area contributed by atoms with Crippen molar-refractivity contribution in [2.45, 2.75) is 53.4 Å². The third-order valence-corrected chi connectivity index (χ3v) is 6.27. The van der Waals surface area contributed by atoms with Gasteiger partial charge in [0.2, 0.25) is 5.95 Å². The Hall–Kier alpha value is -3.45. The van der Waals surface area contributed by atoms with E-state index in [1.807, 2.05) is 13.8 Å². The van der Waals surface area contributed by atoms with E-state index in [2.05, 4.69) is 106 Å². The largest absolute Gasteiger partial charge is 0.369 e. The molecule has 37 heavy (non-hydrogen) atoms. The summed E-state index contributed by atoms with van der Waals surface area (Å²) >= 11 is 0. The normalized spacial score (nSPS) is 15.6. The number of rotatable bonds is 11. The fourth-order valence-electron chi connectivity index (χ4n) is 3.99. The van der Waals surface area contributed by atoms with Crippen LogP contribution in [-0.4, -0.2) is 53.9 Å². The summed E-state index contributed by atoms with van der Waals surface area (Å²) in [6.07, 6.45) is 16.3. The van der Waals surface area contributed by atoms with Crippen LogP contribution in [0.3, 0.4) is 0 Å². The summed E-state index contributed by atoms with van der Waals surface area (Å²) in [5, 5.41) is 6.80. The Bertz CT molecular complexity index is 1090. The average Bonchev–Trinajstić information content (AvgIpc) is 2.90. The van der Waals surface area contributed by atoms with Gasteiger partial charge in [-0.2, -0.15) is 0 Å². The zero-order chi connectivity index (χ0) is 26.5. The monoisotopic (exact) mass is 501 g/mol. The van der Waals surface area contributed by atoms with Crippen LogP contribution in [0.1, 0.15) is 52.1 Å². The first-order valence-electron chi connectivity index (χ1n) is 13.5. The van der Waals surface area contributed by atoms with E-state index < -0.39 is 0 Å². The van der Waals surface area contributed by atoms with Crippen LogP contribution < -0.4 is 15.5 Å². The Balaban J connectivity index is 1.65.